The van der Waals surface area contributed by atoms with E-state index in [1.807, 2.05) is 5.53 Å². The molecule has 1 aromatic rings. The van der Waals surface area contributed by atoms with Crippen molar-refractivity contribution >= 4 is 0 Å². The molecular weight excluding hydrogens is 289 g/mol. The van der Waals surface area contributed by atoms with Crippen LogP contribution in [0.3, 0.4) is 0 Å². The smallest absolute Gasteiger partial charge is 0.453 e. The Balaban J connectivity index is 2.48. The van der Waals surface area contributed by atoms with Crippen molar-refractivity contribution in [1.82, 2.24) is 9.89 Å². The zero-order valence-electron chi connectivity index (χ0n) is 10.0. The molecule has 0 spiro atoms. The van der Waals surface area contributed by atoms with E-state index in [2.05, 4.69) is 5.10 Å². The molecule has 6 nitrogen and oxygen atoms in total. The lowest BCUT2D eigenvalue weighted by Crippen LogP contribution is -2.36. The molecule has 114 valence electrons. The molecule has 0 amide bonds. The average Bonchev–Trinajstić information content (AvgIpc) is 2.35. The maximum Gasteiger partial charge on any atom is 0.453 e. The Kier molecular flexibility index (Phi) is 4.87. The zero-order chi connectivity index (χ0) is 15.4. The lowest BCUT2D eigenvalue weighted by atomic mass is 10.2. The molecule has 0 aliphatic rings. The maximum absolute atomic E-state index is 12.6. The van der Waals surface area contributed by atoms with E-state index in [1.54, 1.807) is 0 Å². The summed E-state index contributed by atoms with van der Waals surface area (Å²) in [6, 6.07) is 2.52. The molecule has 1 aromatic heterocycles. The number of nitrogens with two attached hydrogens (primary N) is 1. The van der Waals surface area contributed by atoms with Crippen LogP contribution in [-0.4, -0.2) is 28.6 Å². The van der Waals surface area contributed by atoms with Gasteiger partial charge < -0.3 is 4.74 Å². The quantitative estimate of drug-likeness (QED) is 0.318. The van der Waals surface area contributed by atoms with Crippen molar-refractivity contribution in [1.29, 1.82) is 5.41 Å². The fourth-order valence-electron chi connectivity index (χ4n) is 1.19. The van der Waals surface area contributed by atoms with Gasteiger partial charge in [0.25, 0.3) is 0 Å². The van der Waals surface area contributed by atoms with Gasteiger partial charge in [0.2, 0.25) is 5.88 Å². The molecule has 0 radical (unpaired) electrons. The molecule has 0 aromatic carbocycles. The van der Waals surface area contributed by atoms with E-state index < -0.39 is 24.9 Å². The Labute approximate surface area is 109 Å². The minimum atomic E-state index is -5.56. The summed E-state index contributed by atoms with van der Waals surface area (Å²) in [4.78, 5) is 0.833. The number of nitrogens with zero attached hydrogens (tertiary/aromatic N) is 2. The maximum atomic E-state index is 12.6. The average molecular weight is 301 g/mol. The van der Waals surface area contributed by atoms with Crippen LogP contribution in [-0.2, 0) is 0 Å². The summed E-state index contributed by atoms with van der Waals surface area (Å²) >= 11 is 0. The van der Waals surface area contributed by atoms with E-state index in [0.717, 1.165) is 4.79 Å². The van der Waals surface area contributed by atoms with Crippen LogP contribution in [0.5, 0.6) is 5.88 Å². The summed E-state index contributed by atoms with van der Waals surface area (Å²) in [5, 5.41) is 10.9. The molecule has 0 fully saturated rings. The molecule has 1 rings (SSSR count). The SMILES string of the molecule is N=c1ccc(OCCCC(F)(F)C(F)(F)F)nn1NN. The van der Waals surface area contributed by atoms with Crippen molar-refractivity contribution in [3.05, 3.63) is 17.6 Å². The predicted octanol–water partition coefficient (Wildman–Crippen LogP) is 1.14. The topological polar surface area (TPSA) is 89.0 Å². The van der Waals surface area contributed by atoms with Gasteiger partial charge in [-0.15, -0.1) is 9.89 Å². The second kappa shape index (κ2) is 6.03. The Morgan fingerprint density at radius 3 is 2.50 bits per heavy atom. The highest BCUT2D eigenvalue weighted by Gasteiger charge is 2.56. The number of hydrogen-bond acceptors (Lipinski definition) is 5. The van der Waals surface area contributed by atoms with Crippen LogP contribution >= 0.6 is 0 Å². The van der Waals surface area contributed by atoms with Crippen molar-refractivity contribution in [2.45, 2.75) is 24.9 Å². The minimum absolute atomic E-state index is 0.0609. The van der Waals surface area contributed by atoms with Crippen LogP contribution in [0.4, 0.5) is 22.0 Å². The molecule has 0 unspecified atom stereocenters. The molecule has 11 heteroatoms. The summed E-state index contributed by atoms with van der Waals surface area (Å²) in [6.45, 7) is -0.374. The van der Waals surface area contributed by atoms with Crippen LogP contribution in [0, 0.1) is 5.41 Å². The van der Waals surface area contributed by atoms with Gasteiger partial charge in [-0.3, -0.25) is 5.41 Å². The Bertz CT molecular complexity index is 500. The van der Waals surface area contributed by atoms with Crippen molar-refractivity contribution in [2.24, 2.45) is 5.84 Å². The van der Waals surface area contributed by atoms with Gasteiger partial charge in [-0.25, -0.2) is 11.4 Å². The third-order valence-electron chi connectivity index (χ3n) is 2.23. The Hall–Kier alpha value is -1.91. The van der Waals surface area contributed by atoms with Gasteiger partial charge in [-0.1, -0.05) is 0 Å². The number of hydrazine groups is 1. The highest BCUT2D eigenvalue weighted by atomic mass is 19.4. The van der Waals surface area contributed by atoms with Crippen LogP contribution in [0.2, 0.25) is 0 Å². The van der Waals surface area contributed by atoms with Crippen LogP contribution in [0.1, 0.15) is 12.8 Å². The highest BCUT2D eigenvalue weighted by Crippen LogP contribution is 2.38. The molecular formula is C9H12F5N5O. The van der Waals surface area contributed by atoms with Gasteiger partial charge in [0.1, 0.15) is 0 Å². The first-order valence-electron chi connectivity index (χ1n) is 5.36. The monoisotopic (exact) mass is 301 g/mol. The lowest BCUT2D eigenvalue weighted by Gasteiger charge is -2.19. The lowest BCUT2D eigenvalue weighted by molar-refractivity contribution is -0.284. The molecule has 0 aliphatic carbocycles. The van der Waals surface area contributed by atoms with Crippen LogP contribution < -0.4 is 21.6 Å². The first kappa shape index (κ1) is 16.1. The fraction of sp³-hybridized carbons (Fsp3) is 0.556. The number of aromatic nitrogens is 2. The van der Waals surface area contributed by atoms with E-state index in [-0.39, 0.29) is 18.0 Å². The van der Waals surface area contributed by atoms with Crippen molar-refractivity contribution < 1.29 is 26.7 Å². The van der Waals surface area contributed by atoms with Gasteiger partial charge in [0, 0.05) is 12.5 Å². The third kappa shape index (κ3) is 4.05. The van der Waals surface area contributed by atoms with Gasteiger partial charge in [0.15, 0.2) is 5.49 Å². The number of nitrogen functional groups attached to an aromatic ring is 1. The molecule has 1 heterocycles. The summed E-state index contributed by atoms with van der Waals surface area (Å²) in [5.41, 5.74) is 1.95. The summed E-state index contributed by atoms with van der Waals surface area (Å²) < 4.78 is 65.7. The third-order valence-corrected chi connectivity index (χ3v) is 2.23. The molecule has 0 saturated carbocycles. The van der Waals surface area contributed by atoms with Crippen LogP contribution in [0.25, 0.3) is 0 Å². The number of rotatable bonds is 6. The van der Waals surface area contributed by atoms with Crippen molar-refractivity contribution in [2.75, 3.05) is 12.1 Å². The van der Waals surface area contributed by atoms with Gasteiger partial charge in [-0.2, -0.15) is 22.0 Å². The number of halogens is 5. The molecule has 0 aliphatic heterocycles. The Morgan fingerprint density at radius 1 is 1.30 bits per heavy atom. The van der Waals surface area contributed by atoms with E-state index in [9.17, 15) is 22.0 Å². The second-order valence-electron chi connectivity index (χ2n) is 3.75. The first-order valence-corrected chi connectivity index (χ1v) is 5.36. The first-order chi connectivity index (χ1) is 9.17. The molecule has 0 saturated heterocycles. The molecule has 0 bridgehead atoms. The molecule has 20 heavy (non-hydrogen) atoms. The molecule has 0 atom stereocenters. The van der Waals surface area contributed by atoms with Gasteiger partial charge >= 0.3 is 12.1 Å². The van der Waals surface area contributed by atoms with Crippen molar-refractivity contribution in [3.8, 4) is 5.88 Å². The second-order valence-corrected chi connectivity index (χ2v) is 3.75. The normalized spacial score (nSPS) is 12.3. The standard InChI is InChI=1S/C9H12F5N5O/c10-8(11,9(12,13)14)4-1-5-20-7-3-2-6(15)19(17-7)18-16/h2-3,15,18H,1,4-5,16H2. The Morgan fingerprint density at radius 2 is 1.95 bits per heavy atom. The largest absolute Gasteiger partial charge is 0.477 e. The highest BCUT2D eigenvalue weighted by molar-refractivity contribution is 5.06. The molecule has 4 N–H and O–H groups in total. The summed E-state index contributed by atoms with van der Waals surface area (Å²) in [7, 11) is 0. The summed E-state index contributed by atoms with van der Waals surface area (Å²) in [6.07, 6.45) is -7.44. The minimum Gasteiger partial charge on any atom is -0.477 e. The number of ether oxygens (including phenoxy) is 1. The van der Waals surface area contributed by atoms with E-state index in [0.29, 0.717) is 0 Å². The van der Waals surface area contributed by atoms with E-state index >= 15 is 0 Å². The van der Waals surface area contributed by atoms with Crippen molar-refractivity contribution in [3.63, 3.8) is 0 Å². The number of hydrogen-bond donors (Lipinski definition) is 3. The van der Waals surface area contributed by atoms with Crippen LogP contribution in [0.15, 0.2) is 12.1 Å². The number of alkyl halides is 5. The summed E-state index contributed by atoms with van der Waals surface area (Å²) in [5.74, 6) is 0.227. The number of nitrogens with one attached hydrogen (secondary N) is 2. The van der Waals surface area contributed by atoms with Gasteiger partial charge in [-0.05, 0) is 12.5 Å². The zero-order valence-corrected chi connectivity index (χ0v) is 10.0. The fourth-order valence-corrected chi connectivity index (χ4v) is 1.19. The van der Waals surface area contributed by atoms with E-state index in [4.69, 9.17) is 16.0 Å². The van der Waals surface area contributed by atoms with Gasteiger partial charge in [0.05, 0.1) is 6.61 Å². The van der Waals surface area contributed by atoms with E-state index in [1.165, 1.54) is 12.1 Å². The predicted molar refractivity (Wildman–Crippen MR) is 57.4 cm³/mol.